The van der Waals surface area contributed by atoms with Crippen molar-refractivity contribution in [1.82, 2.24) is 14.7 Å². The van der Waals surface area contributed by atoms with E-state index in [9.17, 15) is 9.59 Å². The van der Waals surface area contributed by atoms with Gasteiger partial charge in [0.15, 0.2) is 0 Å². The second-order valence-corrected chi connectivity index (χ2v) is 12.7. The van der Waals surface area contributed by atoms with Gasteiger partial charge in [-0.2, -0.15) is 5.10 Å². The standard InChI is InChI=1S/C36H43N5O3/c1-25-6-14-30(15-7-25)41-33(24-32(39-41)36(2,3)4)38-35(43)37-29-12-8-26(9-13-29)22-28-18-20-40(21-19-28)34(42)23-27-10-16-31(44-5)17-11-27/h6-17,24,28H,18-23H2,1-5H3,(H2,37,38,43). The summed E-state index contributed by atoms with van der Waals surface area (Å²) in [6.07, 6.45) is 3.35. The third-order valence-corrected chi connectivity index (χ3v) is 8.22. The van der Waals surface area contributed by atoms with Gasteiger partial charge in [-0.15, -0.1) is 0 Å². The van der Waals surface area contributed by atoms with Crippen molar-refractivity contribution in [3.8, 4) is 11.4 Å². The lowest BCUT2D eigenvalue weighted by atomic mass is 9.90. The van der Waals surface area contributed by atoms with Gasteiger partial charge >= 0.3 is 6.03 Å². The van der Waals surface area contributed by atoms with Gasteiger partial charge in [-0.25, -0.2) is 9.48 Å². The number of anilines is 2. The van der Waals surface area contributed by atoms with Crippen LogP contribution in [0.15, 0.2) is 78.9 Å². The van der Waals surface area contributed by atoms with E-state index >= 15 is 0 Å². The molecule has 0 atom stereocenters. The van der Waals surface area contributed by atoms with Crippen molar-refractivity contribution < 1.29 is 14.3 Å². The fraction of sp³-hybridized carbons (Fsp3) is 0.361. The van der Waals surface area contributed by atoms with Crippen molar-refractivity contribution in [3.63, 3.8) is 0 Å². The number of aromatic nitrogens is 2. The summed E-state index contributed by atoms with van der Waals surface area (Å²) < 4.78 is 6.99. The Kier molecular flexibility index (Phi) is 9.37. The van der Waals surface area contributed by atoms with Gasteiger partial charge in [0.25, 0.3) is 0 Å². The smallest absolute Gasteiger partial charge is 0.324 e. The summed E-state index contributed by atoms with van der Waals surface area (Å²) in [4.78, 5) is 27.8. The minimum absolute atomic E-state index is 0.165. The molecule has 1 fully saturated rings. The molecule has 0 aliphatic carbocycles. The largest absolute Gasteiger partial charge is 0.497 e. The molecule has 0 radical (unpaired) electrons. The number of nitrogens with one attached hydrogen (secondary N) is 2. The minimum Gasteiger partial charge on any atom is -0.497 e. The molecular formula is C36H43N5O3. The first-order valence-electron chi connectivity index (χ1n) is 15.3. The summed E-state index contributed by atoms with van der Waals surface area (Å²) in [6, 6.07) is 25.4. The van der Waals surface area contributed by atoms with Crippen LogP contribution in [0, 0.1) is 12.8 Å². The molecule has 5 rings (SSSR count). The number of piperidine rings is 1. The van der Waals surface area contributed by atoms with Crippen LogP contribution < -0.4 is 15.4 Å². The van der Waals surface area contributed by atoms with Crippen molar-refractivity contribution in [2.24, 2.45) is 5.92 Å². The number of aryl methyl sites for hydroxylation is 1. The zero-order chi connectivity index (χ0) is 31.3. The first kappa shape index (κ1) is 30.9. The Morgan fingerprint density at radius 1 is 0.886 bits per heavy atom. The summed E-state index contributed by atoms with van der Waals surface area (Å²) in [7, 11) is 1.64. The molecule has 44 heavy (non-hydrogen) atoms. The number of methoxy groups -OCH3 is 1. The second kappa shape index (κ2) is 13.4. The van der Waals surface area contributed by atoms with E-state index in [2.05, 4.69) is 43.5 Å². The monoisotopic (exact) mass is 593 g/mol. The Morgan fingerprint density at radius 2 is 1.52 bits per heavy atom. The van der Waals surface area contributed by atoms with Crippen molar-refractivity contribution >= 4 is 23.4 Å². The molecule has 0 bridgehead atoms. The van der Waals surface area contributed by atoms with Crippen LogP contribution in [0.25, 0.3) is 5.69 Å². The van der Waals surface area contributed by atoms with Crippen LogP contribution in [0.2, 0.25) is 0 Å². The minimum atomic E-state index is -0.321. The van der Waals surface area contributed by atoms with Crippen molar-refractivity contribution in [2.75, 3.05) is 30.8 Å². The molecular weight excluding hydrogens is 550 g/mol. The third-order valence-electron chi connectivity index (χ3n) is 8.22. The predicted molar refractivity (Wildman–Crippen MR) is 176 cm³/mol. The molecule has 1 aliphatic rings. The molecule has 0 spiro atoms. The third kappa shape index (κ3) is 7.86. The van der Waals surface area contributed by atoms with E-state index in [4.69, 9.17) is 9.84 Å². The zero-order valence-electron chi connectivity index (χ0n) is 26.4. The molecule has 0 saturated carbocycles. The molecule has 3 amide bonds. The normalized spacial score (nSPS) is 13.9. The highest BCUT2D eigenvalue weighted by molar-refractivity contribution is 5.99. The van der Waals surface area contributed by atoms with E-state index in [1.54, 1.807) is 11.8 Å². The number of nitrogens with zero attached hydrogens (tertiary/aromatic N) is 3. The Labute approximate surface area is 260 Å². The highest BCUT2D eigenvalue weighted by Crippen LogP contribution is 2.27. The summed E-state index contributed by atoms with van der Waals surface area (Å²) in [5.74, 6) is 2.12. The molecule has 8 nitrogen and oxygen atoms in total. The highest BCUT2D eigenvalue weighted by atomic mass is 16.5. The number of carbonyl (C=O) groups excluding carboxylic acids is 2. The maximum absolute atomic E-state index is 13.0. The number of hydrogen-bond donors (Lipinski definition) is 2. The number of urea groups is 1. The van der Waals surface area contributed by atoms with E-state index in [1.165, 1.54) is 5.56 Å². The maximum atomic E-state index is 13.0. The molecule has 1 saturated heterocycles. The Balaban J connectivity index is 1.12. The van der Waals surface area contributed by atoms with Crippen LogP contribution in [0.4, 0.5) is 16.3 Å². The molecule has 3 aromatic carbocycles. The predicted octanol–water partition coefficient (Wildman–Crippen LogP) is 7.15. The number of ether oxygens (including phenoxy) is 1. The van der Waals surface area contributed by atoms with E-state index in [0.717, 1.165) is 66.3 Å². The molecule has 230 valence electrons. The summed E-state index contributed by atoms with van der Waals surface area (Å²) in [6.45, 7) is 9.93. The lowest BCUT2D eigenvalue weighted by Crippen LogP contribution is -2.39. The van der Waals surface area contributed by atoms with Crippen LogP contribution in [0.1, 0.15) is 56.0 Å². The van der Waals surface area contributed by atoms with Gasteiger partial charge in [0, 0.05) is 30.3 Å². The van der Waals surface area contributed by atoms with Gasteiger partial charge in [-0.1, -0.05) is 62.7 Å². The van der Waals surface area contributed by atoms with Crippen molar-refractivity contribution in [2.45, 2.75) is 58.8 Å². The number of carbonyl (C=O) groups is 2. The second-order valence-electron chi connectivity index (χ2n) is 12.7. The molecule has 0 unspecified atom stereocenters. The van der Waals surface area contributed by atoms with Crippen LogP contribution in [-0.4, -0.2) is 46.8 Å². The molecule has 1 aliphatic heterocycles. The van der Waals surface area contributed by atoms with Crippen LogP contribution in [0.3, 0.4) is 0 Å². The van der Waals surface area contributed by atoms with E-state index < -0.39 is 0 Å². The number of amides is 3. The quantitative estimate of drug-likeness (QED) is 0.227. The van der Waals surface area contributed by atoms with Gasteiger partial charge in [-0.3, -0.25) is 10.1 Å². The lowest BCUT2D eigenvalue weighted by molar-refractivity contribution is -0.131. The molecule has 1 aromatic heterocycles. The fourth-order valence-electron chi connectivity index (χ4n) is 5.47. The van der Waals surface area contributed by atoms with Gasteiger partial charge in [-0.05, 0) is 79.6 Å². The average Bonchev–Trinajstić information content (AvgIpc) is 3.43. The highest BCUT2D eigenvalue weighted by Gasteiger charge is 2.24. The first-order chi connectivity index (χ1) is 21.1. The van der Waals surface area contributed by atoms with Crippen LogP contribution in [0.5, 0.6) is 5.75 Å². The van der Waals surface area contributed by atoms with Crippen LogP contribution in [-0.2, 0) is 23.1 Å². The van der Waals surface area contributed by atoms with Gasteiger partial charge in [0.1, 0.15) is 11.6 Å². The summed E-state index contributed by atoms with van der Waals surface area (Å²) >= 11 is 0. The Hall–Kier alpha value is -4.59. The SMILES string of the molecule is COc1ccc(CC(=O)N2CCC(Cc3ccc(NC(=O)Nc4cc(C(C)(C)C)nn4-c4ccc(C)cc4)cc3)CC2)cc1. The van der Waals surface area contributed by atoms with Crippen LogP contribution >= 0.6 is 0 Å². The summed E-state index contributed by atoms with van der Waals surface area (Å²) in [5, 5.41) is 10.7. The molecule has 2 heterocycles. The van der Waals surface area contributed by atoms with Crippen molar-refractivity contribution in [3.05, 3.63) is 101 Å². The number of likely N-dealkylation sites (tertiary alicyclic amines) is 1. The lowest BCUT2D eigenvalue weighted by Gasteiger charge is -2.32. The summed E-state index contributed by atoms with van der Waals surface area (Å²) in [5.41, 5.74) is 5.74. The van der Waals surface area contributed by atoms with Crippen molar-refractivity contribution in [1.29, 1.82) is 0 Å². The molecule has 4 aromatic rings. The molecule has 2 N–H and O–H groups in total. The average molecular weight is 594 g/mol. The van der Waals surface area contributed by atoms with E-state index in [1.807, 2.05) is 78.6 Å². The number of benzene rings is 3. The van der Waals surface area contributed by atoms with Gasteiger partial charge in [0.05, 0.1) is 24.9 Å². The Bertz CT molecular complexity index is 1560. The zero-order valence-corrected chi connectivity index (χ0v) is 26.4. The molecule has 8 heteroatoms. The van der Waals surface area contributed by atoms with Gasteiger partial charge < -0.3 is 15.0 Å². The van der Waals surface area contributed by atoms with E-state index in [-0.39, 0.29) is 17.4 Å². The fourth-order valence-corrected chi connectivity index (χ4v) is 5.47. The maximum Gasteiger partial charge on any atom is 0.324 e. The number of rotatable bonds is 8. The van der Waals surface area contributed by atoms with Gasteiger partial charge in [0.2, 0.25) is 5.91 Å². The topological polar surface area (TPSA) is 88.5 Å². The van der Waals surface area contributed by atoms with E-state index in [0.29, 0.717) is 18.2 Å². The number of hydrogen-bond acceptors (Lipinski definition) is 4. The Morgan fingerprint density at radius 3 is 2.14 bits per heavy atom. The first-order valence-corrected chi connectivity index (χ1v) is 15.3.